The number of aliphatic hydroxyl groups excluding tert-OH is 1. The Morgan fingerprint density at radius 3 is 2.50 bits per heavy atom. The molecule has 0 aliphatic carbocycles. The van der Waals surface area contributed by atoms with Crippen LogP contribution >= 0.6 is 0 Å². The highest BCUT2D eigenvalue weighted by molar-refractivity contribution is 5.93. The van der Waals surface area contributed by atoms with Crippen LogP contribution in [0.4, 0.5) is 0 Å². The summed E-state index contributed by atoms with van der Waals surface area (Å²) in [6, 6.07) is 9.04. The van der Waals surface area contributed by atoms with Crippen LogP contribution in [0, 0.1) is 0 Å². The third-order valence-corrected chi connectivity index (χ3v) is 1.91. The van der Waals surface area contributed by atoms with Crippen molar-refractivity contribution >= 4 is 5.91 Å². The zero-order chi connectivity index (χ0) is 10.6. The van der Waals surface area contributed by atoms with Crippen LogP contribution in [0.5, 0.6) is 0 Å². The molecule has 1 unspecified atom stereocenters. The normalized spacial score (nSPS) is 12.2. The number of hydrogen-bond donors (Lipinski definition) is 1. The Hall–Kier alpha value is -1.35. The van der Waals surface area contributed by atoms with Crippen molar-refractivity contribution in [1.82, 2.24) is 4.90 Å². The standard InChI is InChI=1S/C11H15NO2/c1-9(13)8-12(2)11(14)10-6-4-3-5-7-10/h3-7,9,13H,8H2,1-2H3. The lowest BCUT2D eigenvalue weighted by atomic mass is 10.2. The highest BCUT2D eigenvalue weighted by Gasteiger charge is 2.12. The van der Waals surface area contributed by atoms with Gasteiger partial charge in [-0.25, -0.2) is 0 Å². The van der Waals surface area contributed by atoms with E-state index in [1.807, 2.05) is 18.2 Å². The predicted octanol–water partition coefficient (Wildman–Crippen LogP) is 1.14. The van der Waals surface area contributed by atoms with Gasteiger partial charge in [0.25, 0.3) is 5.91 Å². The van der Waals surface area contributed by atoms with Crippen LogP contribution in [-0.4, -0.2) is 35.6 Å². The van der Waals surface area contributed by atoms with Gasteiger partial charge in [-0.3, -0.25) is 4.79 Å². The van der Waals surface area contributed by atoms with E-state index in [1.165, 1.54) is 4.90 Å². The number of carbonyl (C=O) groups is 1. The number of amides is 1. The Labute approximate surface area is 84.0 Å². The van der Waals surface area contributed by atoms with E-state index in [-0.39, 0.29) is 5.91 Å². The van der Waals surface area contributed by atoms with Gasteiger partial charge in [0.1, 0.15) is 0 Å². The molecule has 0 spiro atoms. The SMILES string of the molecule is CC(O)CN(C)C(=O)c1ccccc1. The molecule has 1 N–H and O–H groups in total. The highest BCUT2D eigenvalue weighted by atomic mass is 16.3. The first-order chi connectivity index (χ1) is 6.61. The van der Waals surface area contributed by atoms with Crippen molar-refractivity contribution in [2.24, 2.45) is 0 Å². The fourth-order valence-electron chi connectivity index (χ4n) is 1.28. The van der Waals surface area contributed by atoms with Gasteiger partial charge >= 0.3 is 0 Å². The molecule has 1 amide bonds. The maximum absolute atomic E-state index is 11.7. The Kier molecular flexibility index (Phi) is 3.65. The van der Waals surface area contributed by atoms with E-state index in [0.29, 0.717) is 12.1 Å². The number of carbonyl (C=O) groups excluding carboxylic acids is 1. The van der Waals surface area contributed by atoms with E-state index in [0.717, 1.165) is 0 Å². The van der Waals surface area contributed by atoms with Crippen molar-refractivity contribution in [1.29, 1.82) is 0 Å². The summed E-state index contributed by atoms with van der Waals surface area (Å²) in [6.45, 7) is 2.02. The van der Waals surface area contributed by atoms with Crippen molar-refractivity contribution in [2.75, 3.05) is 13.6 Å². The molecule has 0 saturated heterocycles. The first kappa shape index (κ1) is 10.7. The van der Waals surface area contributed by atoms with Gasteiger partial charge in [0.05, 0.1) is 6.10 Å². The maximum Gasteiger partial charge on any atom is 0.253 e. The molecule has 0 aliphatic heterocycles. The average molecular weight is 193 g/mol. The van der Waals surface area contributed by atoms with Crippen LogP contribution in [0.15, 0.2) is 30.3 Å². The quantitative estimate of drug-likeness (QED) is 0.782. The third kappa shape index (κ3) is 2.85. The van der Waals surface area contributed by atoms with Crippen LogP contribution in [0.2, 0.25) is 0 Å². The van der Waals surface area contributed by atoms with Crippen LogP contribution in [-0.2, 0) is 0 Å². The van der Waals surface area contributed by atoms with Crippen molar-refractivity contribution in [3.63, 3.8) is 0 Å². The number of benzene rings is 1. The van der Waals surface area contributed by atoms with Gasteiger partial charge in [-0.15, -0.1) is 0 Å². The molecular weight excluding hydrogens is 178 g/mol. The molecule has 1 aromatic carbocycles. The minimum Gasteiger partial charge on any atom is -0.392 e. The van der Waals surface area contributed by atoms with Crippen molar-refractivity contribution in [3.8, 4) is 0 Å². The fourth-order valence-corrected chi connectivity index (χ4v) is 1.28. The summed E-state index contributed by atoms with van der Waals surface area (Å²) in [7, 11) is 1.68. The van der Waals surface area contributed by atoms with Crippen LogP contribution in [0.1, 0.15) is 17.3 Å². The first-order valence-corrected chi connectivity index (χ1v) is 4.60. The van der Waals surface area contributed by atoms with Gasteiger partial charge in [-0.05, 0) is 19.1 Å². The monoisotopic (exact) mass is 193 g/mol. The van der Waals surface area contributed by atoms with E-state index < -0.39 is 6.10 Å². The summed E-state index contributed by atoms with van der Waals surface area (Å²) in [5.41, 5.74) is 0.649. The molecule has 0 bridgehead atoms. The second kappa shape index (κ2) is 4.77. The molecule has 0 fully saturated rings. The molecule has 1 rings (SSSR count). The summed E-state index contributed by atoms with van der Waals surface area (Å²) < 4.78 is 0. The average Bonchev–Trinajstić information content (AvgIpc) is 2.17. The lowest BCUT2D eigenvalue weighted by Crippen LogP contribution is -2.32. The van der Waals surface area contributed by atoms with E-state index >= 15 is 0 Å². The van der Waals surface area contributed by atoms with Gasteiger partial charge in [0.15, 0.2) is 0 Å². The maximum atomic E-state index is 11.7. The van der Waals surface area contributed by atoms with Crippen LogP contribution < -0.4 is 0 Å². The lowest BCUT2D eigenvalue weighted by Gasteiger charge is -2.18. The molecule has 0 aliphatic rings. The minimum atomic E-state index is -0.493. The van der Waals surface area contributed by atoms with Crippen molar-refractivity contribution in [3.05, 3.63) is 35.9 Å². The molecule has 1 atom stereocenters. The Balaban J connectivity index is 2.66. The van der Waals surface area contributed by atoms with Gasteiger partial charge in [0, 0.05) is 19.2 Å². The second-order valence-corrected chi connectivity index (χ2v) is 3.40. The summed E-state index contributed by atoms with van der Waals surface area (Å²) in [5, 5.41) is 9.12. The number of hydrogen-bond acceptors (Lipinski definition) is 2. The number of aliphatic hydroxyl groups is 1. The molecule has 0 radical (unpaired) electrons. The van der Waals surface area contributed by atoms with Crippen LogP contribution in [0.25, 0.3) is 0 Å². The number of likely N-dealkylation sites (N-methyl/N-ethyl adjacent to an activating group) is 1. The predicted molar refractivity (Wildman–Crippen MR) is 55.1 cm³/mol. The zero-order valence-corrected chi connectivity index (χ0v) is 8.47. The molecule has 0 saturated carbocycles. The van der Waals surface area contributed by atoms with E-state index in [9.17, 15) is 4.79 Å². The second-order valence-electron chi connectivity index (χ2n) is 3.40. The topological polar surface area (TPSA) is 40.5 Å². The summed E-state index contributed by atoms with van der Waals surface area (Å²) in [4.78, 5) is 13.2. The van der Waals surface area contributed by atoms with E-state index in [2.05, 4.69) is 0 Å². The van der Waals surface area contributed by atoms with Crippen molar-refractivity contribution < 1.29 is 9.90 Å². The molecular formula is C11H15NO2. The molecule has 3 heteroatoms. The zero-order valence-electron chi connectivity index (χ0n) is 8.47. The summed E-state index contributed by atoms with van der Waals surface area (Å²) in [6.07, 6.45) is -0.493. The Morgan fingerprint density at radius 1 is 1.43 bits per heavy atom. The van der Waals surface area contributed by atoms with E-state index in [4.69, 9.17) is 5.11 Å². The molecule has 14 heavy (non-hydrogen) atoms. The van der Waals surface area contributed by atoms with Crippen molar-refractivity contribution in [2.45, 2.75) is 13.0 Å². The largest absolute Gasteiger partial charge is 0.392 e. The summed E-state index contributed by atoms with van der Waals surface area (Å²) >= 11 is 0. The Bertz CT molecular complexity index is 295. The molecule has 76 valence electrons. The smallest absolute Gasteiger partial charge is 0.253 e. The Morgan fingerprint density at radius 2 is 2.00 bits per heavy atom. The minimum absolute atomic E-state index is 0.0634. The highest BCUT2D eigenvalue weighted by Crippen LogP contribution is 2.03. The van der Waals surface area contributed by atoms with E-state index in [1.54, 1.807) is 26.1 Å². The fraction of sp³-hybridized carbons (Fsp3) is 0.364. The van der Waals surface area contributed by atoms with Gasteiger partial charge in [0.2, 0.25) is 0 Å². The molecule has 0 aromatic heterocycles. The van der Waals surface area contributed by atoms with Gasteiger partial charge in [-0.1, -0.05) is 18.2 Å². The van der Waals surface area contributed by atoms with Gasteiger partial charge in [-0.2, -0.15) is 0 Å². The number of nitrogens with zero attached hydrogens (tertiary/aromatic N) is 1. The third-order valence-electron chi connectivity index (χ3n) is 1.91. The lowest BCUT2D eigenvalue weighted by molar-refractivity contribution is 0.0703. The first-order valence-electron chi connectivity index (χ1n) is 4.60. The number of rotatable bonds is 3. The van der Waals surface area contributed by atoms with Crippen LogP contribution in [0.3, 0.4) is 0 Å². The molecule has 3 nitrogen and oxygen atoms in total. The molecule has 1 aromatic rings. The molecule has 0 heterocycles. The van der Waals surface area contributed by atoms with Gasteiger partial charge < -0.3 is 10.0 Å². The summed E-state index contributed by atoms with van der Waals surface area (Å²) in [5.74, 6) is -0.0634.